The van der Waals surface area contributed by atoms with Gasteiger partial charge in [0.25, 0.3) is 0 Å². The van der Waals surface area contributed by atoms with Gasteiger partial charge in [0, 0.05) is 29.5 Å². The van der Waals surface area contributed by atoms with Crippen LogP contribution in [0.15, 0.2) is 28.7 Å². The van der Waals surface area contributed by atoms with Crippen molar-refractivity contribution in [2.24, 2.45) is 0 Å². The van der Waals surface area contributed by atoms with Gasteiger partial charge in [-0.05, 0) is 57.0 Å². The van der Waals surface area contributed by atoms with E-state index < -0.39 is 10.8 Å². The maximum atomic E-state index is 12.4. The van der Waals surface area contributed by atoms with E-state index >= 15 is 0 Å². The molecule has 6 nitrogen and oxygen atoms in total. The van der Waals surface area contributed by atoms with E-state index in [-0.39, 0.29) is 17.4 Å². The summed E-state index contributed by atoms with van der Waals surface area (Å²) in [6.07, 6.45) is 3.45. The van der Waals surface area contributed by atoms with Gasteiger partial charge in [0.2, 0.25) is 11.8 Å². The fourth-order valence-corrected chi connectivity index (χ4v) is 4.40. The Hall–Kier alpha value is -1.99. The van der Waals surface area contributed by atoms with Crippen molar-refractivity contribution >= 4 is 16.7 Å². The molecule has 28 heavy (non-hydrogen) atoms. The van der Waals surface area contributed by atoms with Crippen LogP contribution in [-0.4, -0.2) is 51.9 Å². The number of aryl methyl sites for hydroxylation is 2. The first kappa shape index (κ1) is 20.7. The number of nitrogens with zero attached hydrogens (tertiary/aromatic N) is 2. The zero-order valence-corrected chi connectivity index (χ0v) is 17.5. The molecule has 0 spiro atoms. The Kier molecular flexibility index (Phi) is 7.39. The standard InChI is InChI=1S/C21H29N3O3S/c1-3-17-6-8-18(9-7-17)21-23-19(16(2)27-21)14-28(26)15-20(25)22-10-13-24-11-4-5-12-24/h6-9H,3-5,10-15H2,1-2H3,(H,22,25)/t28-/m1/s1. The van der Waals surface area contributed by atoms with Crippen LogP contribution in [-0.2, 0) is 27.8 Å². The molecule has 1 aromatic heterocycles. The normalized spacial score (nSPS) is 15.6. The second-order valence-electron chi connectivity index (χ2n) is 7.20. The number of oxazole rings is 1. The molecule has 3 rings (SSSR count). The minimum absolute atomic E-state index is 0.00711. The van der Waals surface area contributed by atoms with Crippen LogP contribution >= 0.6 is 0 Å². The van der Waals surface area contributed by atoms with Crippen molar-refractivity contribution < 1.29 is 13.4 Å². The van der Waals surface area contributed by atoms with Gasteiger partial charge in [0.05, 0.1) is 11.4 Å². The number of likely N-dealkylation sites (tertiary alicyclic amines) is 1. The number of nitrogens with one attached hydrogen (secondary N) is 1. The van der Waals surface area contributed by atoms with Crippen molar-refractivity contribution in [3.8, 4) is 11.5 Å². The van der Waals surface area contributed by atoms with E-state index in [1.54, 1.807) is 0 Å². The highest BCUT2D eigenvalue weighted by molar-refractivity contribution is 7.84. The van der Waals surface area contributed by atoms with E-state index in [0.29, 0.717) is 23.9 Å². The Morgan fingerprint density at radius 1 is 1.25 bits per heavy atom. The number of hydrogen-bond donors (Lipinski definition) is 1. The van der Waals surface area contributed by atoms with Crippen molar-refractivity contribution in [2.45, 2.75) is 38.9 Å². The Labute approximate surface area is 169 Å². The van der Waals surface area contributed by atoms with E-state index in [9.17, 15) is 9.00 Å². The van der Waals surface area contributed by atoms with Gasteiger partial charge in [-0.3, -0.25) is 9.00 Å². The summed E-state index contributed by atoms with van der Waals surface area (Å²) in [5, 5.41) is 2.87. The topological polar surface area (TPSA) is 75.4 Å². The minimum atomic E-state index is -1.31. The molecule has 2 heterocycles. The van der Waals surface area contributed by atoms with Crippen LogP contribution in [0.5, 0.6) is 0 Å². The monoisotopic (exact) mass is 403 g/mol. The average Bonchev–Trinajstić information content (AvgIpc) is 3.32. The maximum absolute atomic E-state index is 12.4. The van der Waals surface area contributed by atoms with Crippen LogP contribution in [0.1, 0.15) is 36.8 Å². The highest BCUT2D eigenvalue weighted by atomic mass is 32.2. The van der Waals surface area contributed by atoms with E-state index in [0.717, 1.165) is 31.6 Å². The largest absolute Gasteiger partial charge is 0.441 e. The number of amides is 1. The van der Waals surface area contributed by atoms with Crippen molar-refractivity contribution in [3.05, 3.63) is 41.3 Å². The lowest BCUT2D eigenvalue weighted by molar-refractivity contribution is -0.118. The van der Waals surface area contributed by atoms with Gasteiger partial charge < -0.3 is 14.6 Å². The van der Waals surface area contributed by atoms with Gasteiger partial charge in [-0.15, -0.1) is 0 Å². The van der Waals surface area contributed by atoms with Crippen LogP contribution in [0, 0.1) is 6.92 Å². The smallest absolute Gasteiger partial charge is 0.232 e. The number of aromatic nitrogens is 1. The first-order valence-corrected chi connectivity index (χ1v) is 11.4. The molecule has 0 aliphatic carbocycles. The third-order valence-electron chi connectivity index (χ3n) is 5.04. The SMILES string of the molecule is CCc1ccc(-c2nc(C[S@@](=O)CC(=O)NCCN3CCCC3)c(C)o2)cc1. The van der Waals surface area contributed by atoms with Gasteiger partial charge in [-0.1, -0.05) is 19.1 Å². The molecular formula is C21H29N3O3S. The Morgan fingerprint density at radius 2 is 1.96 bits per heavy atom. The van der Waals surface area contributed by atoms with Crippen molar-refractivity contribution in [3.63, 3.8) is 0 Å². The summed E-state index contributed by atoms with van der Waals surface area (Å²) in [5.41, 5.74) is 2.80. The van der Waals surface area contributed by atoms with E-state index in [2.05, 4.69) is 34.3 Å². The van der Waals surface area contributed by atoms with Gasteiger partial charge in [0.1, 0.15) is 11.5 Å². The molecule has 0 radical (unpaired) electrons. The number of rotatable bonds is 9. The van der Waals surface area contributed by atoms with Crippen LogP contribution in [0.3, 0.4) is 0 Å². The van der Waals surface area contributed by atoms with Crippen LogP contribution in [0.25, 0.3) is 11.5 Å². The fourth-order valence-electron chi connectivity index (χ4n) is 3.33. The molecule has 1 amide bonds. The minimum Gasteiger partial charge on any atom is -0.441 e. The quantitative estimate of drug-likeness (QED) is 0.697. The van der Waals surface area contributed by atoms with Gasteiger partial charge >= 0.3 is 0 Å². The van der Waals surface area contributed by atoms with E-state index in [1.165, 1.54) is 18.4 Å². The zero-order valence-electron chi connectivity index (χ0n) is 16.7. The number of carbonyl (C=O) groups excluding carboxylic acids is 1. The maximum Gasteiger partial charge on any atom is 0.232 e. The molecule has 1 aliphatic heterocycles. The molecule has 0 saturated carbocycles. The molecule has 1 saturated heterocycles. The van der Waals surface area contributed by atoms with Crippen LogP contribution < -0.4 is 5.32 Å². The third kappa shape index (κ3) is 5.75. The first-order chi connectivity index (χ1) is 13.5. The van der Waals surface area contributed by atoms with Gasteiger partial charge in [-0.25, -0.2) is 4.98 Å². The van der Waals surface area contributed by atoms with Gasteiger partial charge in [0.15, 0.2) is 0 Å². The predicted octanol–water partition coefficient (Wildman–Crippen LogP) is 2.67. The Bertz CT molecular complexity index is 811. The summed E-state index contributed by atoms with van der Waals surface area (Å²) in [6.45, 7) is 7.62. The Morgan fingerprint density at radius 3 is 2.64 bits per heavy atom. The van der Waals surface area contributed by atoms with E-state index in [1.807, 2.05) is 19.1 Å². The average molecular weight is 404 g/mol. The fraction of sp³-hybridized carbons (Fsp3) is 0.524. The molecule has 7 heteroatoms. The number of carbonyl (C=O) groups is 1. The first-order valence-electron chi connectivity index (χ1n) is 9.94. The van der Waals surface area contributed by atoms with Crippen molar-refractivity contribution in [1.29, 1.82) is 0 Å². The lowest BCUT2D eigenvalue weighted by Crippen LogP contribution is -2.35. The highest BCUT2D eigenvalue weighted by Gasteiger charge is 2.16. The van der Waals surface area contributed by atoms with Crippen molar-refractivity contribution in [2.75, 3.05) is 31.9 Å². The summed E-state index contributed by atoms with van der Waals surface area (Å²) in [5.74, 6) is 1.23. The highest BCUT2D eigenvalue weighted by Crippen LogP contribution is 2.23. The summed E-state index contributed by atoms with van der Waals surface area (Å²) in [4.78, 5) is 18.9. The summed E-state index contributed by atoms with van der Waals surface area (Å²) >= 11 is 0. The molecule has 152 valence electrons. The summed E-state index contributed by atoms with van der Waals surface area (Å²) in [6, 6.07) is 8.08. The molecule has 0 unspecified atom stereocenters. The van der Waals surface area contributed by atoms with Crippen LogP contribution in [0.2, 0.25) is 0 Å². The molecule has 0 bridgehead atoms. The summed E-state index contributed by atoms with van der Waals surface area (Å²) < 4.78 is 18.1. The van der Waals surface area contributed by atoms with Gasteiger partial charge in [-0.2, -0.15) is 0 Å². The second-order valence-corrected chi connectivity index (χ2v) is 8.66. The number of hydrogen-bond acceptors (Lipinski definition) is 5. The predicted molar refractivity (Wildman–Crippen MR) is 111 cm³/mol. The Balaban J connectivity index is 1.49. The van der Waals surface area contributed by atoms with Crippen molar-refractivity contribution in [1.82, 2.24) is 15.2 Å². The third-order valence-corrected chi connectivity index (χ3v) is 6.22. The molecule has 2 aromatic rings. The molecule has 1 N–H and O–H groups in total. The lowest BCUT2D eigenvalue weighted by Gasteiger charge is -2.14. The molecule has 1 fully saturated rings. The van der Waals surface area contributed by atoms with Crippen LogP contribution in [0.4, 0.5) is 0 Å². The number of benzene rings is 1. The molecule has 1 aliphatic rings. The molecular weight excluding hydrogens is 374 g/mol. The zero-order chi connectivity index (χ0) is 19.9. The molecule has 1 atom stereocenters. The van der Waals surface area contributed by atoms with E-state index in [4.69, 9.17) is 4.42 Å². The summed E-state index contributed by atoms with van der Waals surface area (Å²) in [7, 11) is -1.31. The molecule has 1 aromatic carbocycles. The second kappa shape index (κ2) is 9.98. The lowest BCUT2D eigenvalue weighted by atomic mass is 10.1.